The monoisotopic (exact) mass is 380 g/mol. The van der Waals surface area contributed by atoms with Crippen LogP contribution in [-0.2, 0) is 6.42 Å². The van der Waals surface area contributed by atoms with Crippen molar-refractivity contribution in [2.75, 3.05) is 32.7 Å². The second-order valence-corrected chi connectivity index (χ2v) is 5.62. The van der Waals surface area contributed by atoms with Gasteiger partial charge in [0, 0.05) is 11.8 Å². The van der Waals surface area contributed by atoms with Crippen LogP contribution in [0.4, 0.5) is 10.5 Å². The van der Waals surface area contributed by atoms with E-state index < -0.39 is 0 Å². The van der Waals surface area contributed by atoms with Crippen molar-refractivity contribution < 1.29 is 19.0 Å². The highest BCUT2D eigenvalue weighted by atomic mass is 16.5. The van der Waals surface area contributed by atoms with E-state index in [1.54, 1.807) is 25.3 Å². The molecule has 2 aromatic carbocycles. The maximum atomic E-state index is 11.9. The van der Waals surface area contributed by atoms with Gasteiger partial charge in [0.2, 0.25) is 0 Å². The molecule has 6 heteroatoms. The van der Waals surface area contributed by atoms with Crippen molar-refractivity contribution in [3.63, 3.8) is 0 Å². The van der Waals surface area contributed by atoms with E-state index in [9.17, 15) is 4.79 Å². The van der Waals surface area contributed by atoms with E-state index in [1.807, 2.05) is 30.3 Å². The van der Waals surface area contributed by atoms with E-state index in [-0.39, 0.29) is 19.2 Å². The molecule has 0 spiro atoms. The van der Waals surface area contributed by atoms with Gasteiger partial charge >= 0.3 is 6.03 Å². The molecule has 2 amide bonds. The van der Waals surface area contributed by atoms with Crippen LogP contribution in [0, 0.1) is 11.8 Å². The predicted molar refractivity (Wildman–Crippen MR) is 110 cm³/mol. The van der Waals surface area contributed by atoms with Gasteiger partial charge in [0.1, 0.15) is 12.4 Å². The fourth-order valence-corrected chi connectivity index (χ4v) is 2.41. The smallest absolute Gasteiger partial charge is 0.319 e. The highest BCUT2D eigenvalue weighted by molar-refractivity contribution is 5.89. The van der Waals surface area contributed by atoms with E-state index in [2.05, 4.69) is 29.1 Å². The maximum absolute atomic E-state index is 11.9. The minimum absolute atomic E-state index is 0.205. The van der Waals surface area contributed by atoms with E-state index in [1.165, 1.54) is 7.11 Å². The Hall–Kier alpha value is -3.59. The normalized spacial score (nSPS) is 9.50. The molecule has 2 aromatic rings. The Labute approximate surface area is 165 Å². The van der Waals surface area contributed by atoms with Crippen LogP contribution in [0.2, 0.25) is 0 Å². The number of hydrogen-bond donors (Lipinski definition) is 2. The van der Waals surface area contributed by atoms with Crippen molar-refractivity contribution in [1.82, 2.24) is 5.32 Å². The molecule has 28 heavy (non-hydrogen) atoms. The molecule has 146 valence electrons. The van der Waals surface area contributed by atoms with Crippen LogP contribution >= 0.6 is 0 Å². The number of hydrogen-bond acceptors (Lipinski definition) is 4. The number of allylic oxidation sites excluding steroid dienone is 1. The number of rotatable bonds is 8. The van der Waals surface area contributed by atoms with Gasteiger partial charge in [-0.05, 0) is 30.2 Å². The summed E-state index contributed by atoms with van der Waals surface area (Å²) >= 11 is 0. The number of anilines is 1. The lowest BCUT2D eigenvalue weighted by molar-refractivity contribution is 0.253. The third kappa shape index (κ3) is 6.29. The molecular weight excluding hydrogens is 356 g/mol. The lowest BCUT2D eigenvalue weighted by Crippen LogP contribution is -2.28. The van der Waals surface area contributed by atoms with E-state index in [4.69, 9.17) is 14.2 Å². The molecule has 0 aliphatic carbocycles. The van der Waals surface area contributed by atoms with Gasteiger partial charge < -0.3 is 24.8 Å². The first-order valence-corrected chi connectivity index (χ1v) is 8.72. The lowest BCUT2D eigenvalue weighted by Gasteiger charge is -2.10. The number of nitrogens with one attached hydrogen (secondary N) is 2. The second kappa shape index (κ2) is 11.2. The highest BCUT2D eigenvalue weighted by Crippen LogP contribution is 2.29. The summed E-state index contributed by atoms with van der Waals surface area (Å²) in [5.41, 5.74) is 1.65. The minimum atomic E-state index is -0.362. The summed E-state index contributed by atoms with van der Waals surface area (Å²) in [4.78, 5) is 11.9. The Bertz CT molecular complexity index is 868. The summed E-state index contributed by atoms with van der Waals surface area (Å²) in [7, 11) is 3.09. The Morgan fingerprint density at radius 1 is 1.07 bits per heavy atom. The van der Waals surface area contributed by atoms with Gasteiger partial charge in [-0.2, -0.15) is 0 Å². The van der Waals surface area contributed by atoms with Gasteiger partial charge in [0.15, 0.2) is 11.5 Å². The molecule has 0 radical (unpaired) electrons. The van der Waals surface area contributed by atoms with Crippen LogP contribution in [0.25, 0.3) is 0 Å². The molecule has 0 aromatic heterocycles. The first-order chi connectivity index (χ1) is 13.7. The predicted octanol–water partition coefficient (Wildman–Crippen LogP) is 3.64. The molecule has 0 unspecified atom stereocenters. The molecular formula is C22H24N2O4. The summed E-state index contributed by atoms with van der Waals surface area (Å²) in [6.07, 6.45) is 2.57. The number of benzene rings is 2. The molecule has 0 heterocycles. The molecule has 2 N–H and O–H groups in total. The third-order valence-electron chi connectivity index (χ3n) is 3.74. The fourth-order valence-electron chi connectivity index (χ4n) is 2.41. The summed E-state index contributed by atoms with van der Waals surface area (Å²) in [5.74, 6) is 7.65. The van der Waals surface area contributed by atoms with Crippen LogP contribution < -0.4 is 24.8 Å². The topological polar surface area (TPSA) is 68.8 Å². The second-order valence-electron chi connectivity index (χ2n) is 5.62. The van der Waals surface area contributed by atoms with Crippen LogP contribution in [-0.4, -0.2) is 33.4 Å². The molecule has 0 saturated carbocycles. The summed E-state index contributed by atoms with van der Waals surface area (Å²) < 4.78 is 16.0. The Balaban J connectivity index is 1.77. The number of methoxy groups -OCH3 is 2. The summed E-state index contributed by atoms with van der Waals surface area (Å²) in [6, 6.07) is 12.5. The van der Waals surface area contributed by atoms with Crippen molar-refractivity contribution in [3.05, 3.63) is 60.7 Å². The number of carbonyl (C=O) groups is 1. The van der Waals surface area contributed by atoms with Crippen molar-refractivity contribution >= 4 is 11.7 Å². The highest BCUT2D eigenvalue weighted by Gasteiger charge is 2.06. The van der Waals surface area contributed by atoms with E-state index in [0.717, 1.165) is 17.7 Å². The summed E-state index contributed by atoms with van der Waals surface area (Å²) in [5, 5.41) is 5.38. The van der Waals surface area contributed by atoms with Crippen LogP contribution in [0.15, 0.2) is 55.1 Å². The first-order valence-electron chi connectivity index (χ1n) is 8.72. The molecule has 0 atom stereocenters. The zero-order valence-electron chi connectivity index (χ0n) is 16.1. The molecule has 0 bridgehead atoms. The maximum Gasteiger partial charge on any atom is 0.319 e. The molecule has 0 saturated heterocycles. The molecule has 0 fully saturated rings. The Kier molecular flexibility index (Phi) is 8.28. The standard InChI is InChI=1S/C22H24N2O4/c1-4-9-17-10-5-6-11-19(17)28-15-8-7-14-23-22(25)24-18-12-13-20(26-2)21(16-18)27-3/h4-6,10-13,16H,1,9,14-15H2,2-3H3,(H2,23,24,25). The number of ether oxygens (including phenoxy) is 3. The van der Waals surface area contributed by atoms with Gasteiger partial charge in [0.25, 0.3) is 0 Å². The van der Waals surface area contributed by atoms with E-state index >= 15 is 0 Å². The average Bonchev–Trinajstić information content (AvgIpc) is 2.71. The third-order valence-corrected chi connectivity index (χ3v) is 3.74. The number of urea groups is 1. The zero-order valence-corrected chi connectivity index (χ0v) is 16.1. The van der Waals surface area contributed by atoms with Gasteiger partial charge in [0.05, 0.1) is 20.8 Å². The molecule has 0 aliphatic heterocycles. The Morgan fingerprint density at radius 2 is 1.86 bits per heavy atom. The first kappa shape index (κ1) is 20.7. The Morgan fingerprint density at radius 3 is 2.61 bits per heavy atom. The SMILES string of the molecule is C=CCc1ccccc1OCC#CCNC(=O)Nc1ccc(OC)c(OC)c1. The van der Waals surface area contributed by atoms with Crippen molar-refractivity contribution in [1.29, 1.82) is 0 Å². The number of para-hydroxylation sites is 1. The van der Waals surface area contributed by atoms with Crippen molar-refractivity contribution in [2.45, 2.75) is 6.42 Å². The largest absolute Gasteiger partial charge is 0.493 e. The van der Waals surface area contributed by atoms with Gasteiger partial charge in [-0.25, -0.2) is 4.79 Å². The number of carbonyl (C=O) groups excluding carboxylic acids is 1. The van der Waals surface area contributed by atoms with Crippen LogP contribution in [0.1, 0.15) is 5.56 Å². The van der Waals surface area contributed by atoms with Crippen LogP contribution in [0.3, 0.4) is 0 Å². The molecule has 2 rings (SSSR count). The summed E-state index contributed by atoms with van der Waals surface area (Å²) in [6.45, 7) is 4.19. The van der Waals surface area contributed by atoms with Crippen molar-refractivity contribution in [3.8, 4) is 29.1 Å². The average molecular weight is 380 g/mol. The van der Waals surface area contributed by atoms with Gasteiger partial charge in [-0.3, -0.25) is 0 Å². The van der Waals surface area contributed by atoms with Crippen LogP contribution in [0.5, 0.6) is 17.2 Å². The van der Waals surface area contributed by atoms with Gasteiger partial charge in [-0.1, -0.05) is 36.1 Å². The minimum Gasteiger partial charge on any atom is -0.493 e. The molecule has 6 nitrogen and oxygen atoms in total. The van der Waals surface area contributed by atoms with E-state index in [0.29, 0.717) is 17.2 Å². The lowest BCUT2D eigenvalue weighted by atomic mass is 10.1. The quantitative estimate of drug-likeness (QED) is 0.542. The zero-order chi connectivity index (χ0) is 20.2. The fraction of sp³-hybridized carbons (Fsp3) is 0.227. The number of amides is 2. The van der Waals surface area contributed by atoms with Gasteiger partial charge in [-0.15, -0.1) is 6.58 Å². The molecule has 0 aliphatic rings. The van der Waals surface area contributed by atoms with Crippen molar-refractivity contribution in [2.24, 2.45) is 0 Å².